The maximum Gasteiger partial charge on any atom is 0.240 e. The van der Waals surface area contributed by atoms with Gasteiger partial charge in [0.05, 0.1) is 24.1 Å². The number of hydrogen-bond acceptors (Lipinski definition) is 6. The molecule has 9 nitrogen and oxygen atoms in total. The van der Waals surface area contributed by atoms with Gasteiger partial charge >= 0.3 is 0 Å². The van der Waals surface area contributed by atoms with Crippen LogP contribution in [0, 0.1) is 5.92 Å². The molecule has 2 aromatic rings. The summed E-state index contributed by atoms with van der Waals surface area (Å²) in [5, 5.41) is 0. The van der Waals surface area contributed by atoms with Gasteiger partial charge in [-0.25, -0.2) is 0 Å². The van der Waals surface area contributed by atoms with Crippen LogP contribution in [0.4, 0.5) is 0 Å². The molecule has 2 fully saturated rings. The van der Waals surface area contributed by atoms with Gasteiger partial charge in [0, 0.05) is 38.7 Å². The molecule has 0 saturated carbocycles. The molecule has 184 valence electrons. The van der Waals surface area contributed by atoms with Gasteiger partial charge in [-0.3, -0.25) is 29.1 Å². The van der Waals surface area contributed by atoms with Gasteiger partial charge in [0.1, 0.15) is 5.75 Å². The normalized spacial score (nSPS) is 22.3. The van der Waals surface area contributed by atoms with E-state index in [1.165, 1.54) is 4.90 Å². The molecule has 0 bridgehead atoms. The topological polar surface area (TPSA) is 123 Å². The van der Waals surface area contributed by atoms with Crippen molar-refractivity contribution in [2.45, 2.75) is 37.5 Å². The fraction of sp³-hybridized carbons (Fsp3) is 0.423. The van der Waals surface area contributed by atoms with E-state index in [9.17, 15) is 19.2 Å². The molecule has 0 unspecified atom stereocenters. The highest BCUT2D eigenvalue weighted by Gasteiger charge is 2.54. The number of nitrogens with zero attached hydrogens (tertiary/aromatic N) is 3. The second-order valence-corrected chi connectivity index (χ2v) is 9.12. The number of imide groups is 1. The summed E-state index contributed by atoms with van der Waals surface area (Å²) >= 11 is 0. The summed E-state index contributed by atoms with van der Waals surface area (Å²) in [5.74, 6) is -1.12. The Morgan fingerprint density at radius 1 is 1.14 bits per heavy atom. The van der Waals surface area contributed by atoms with Gasteiger partial charge < -0.3 is 15.4 Å². The number of piperidine rings is 1. The van der Waals surface area contributed by atoms with E-state index in [2.05, 4.69) is 4.98 Å². The highest BCUT2D eigenvalue weighted by molar-refractivity contribution is 6.10. The molecular formula is C26H30N4O5. The van der Waals surface area contributed by atoms with Crippen LogP contribution in [0.3, 0.4) is 0 Å². The van der Waals surface area contributed by atoms with Crippen LogP contribution in [0.1, 0.15) is 37.7 Å². The average molecular weight is 479 g/mol. The highest BCUT2D eigenvalue weighted by Crippen LogP contribution is 2.40. The lowest BCUT2D eigenvalue weighted by Gasteiger charge is -2.34. The van der Waals surface area contributed by atoms with Crippen molar-refractivity contribution in [2.75, 3.05) is 26.2 Å². The summed E-state index contributed by atoms with van der Waals surface area (Å²) in [6.07, 6.45) is 4.83. The number of carbonyl (C=O) groups is 4. The summed E-state index contributed by atoms with van der Waals surface area (Å²) in [6.45, 7) is 1.28. The predicted octanol–water partition coefficient (Wildman–Crippen LogP) is 1.66. The second-order valence-electron chi connectivity index (χ2n) is 9.12. The number of pyridine rings is 1. The Morgan fingerprint density at radius 2 is 1.94 bits per heavy atom. The second kappa shape index (κ2) is 10.7. The zero-order valence-electron chi connectivity index (χ0n) is 19.6. The summed E-state index contributed by atoms with van der Waals surface area (Å²) in [7, 11) is 0. The number of hydrogen-bond donors (Lipinski definition) is 1. The fourth-order valence-corrected chi connectivity index (χ4v) is 4.90. The third-order valence-corrected chi connectivity index (χ3v) is 6.79. The first-order valence-electron chi connectivity index (χ1n) is 11.9. The minimum atomic E-state index is -1.26. The number of primary amides is 1. The summed E-state index contributed by atoms with van der Waals surface area (Å²) in [5.41, 5.74) is 4.85. The van der Waals surface area contributed by atoms with E-state index in [-0.39, 0.29) is 43.7 Å². The molecule has 3 heterocycles. The van der Waals surface area contributed by atoms with E-state index in [1.807, 2.05) is 6.07 Å². The molecule has 0 aliphatic carbocycles. The van der Waals surface area contributed by atoms with E-state index in [0.717, 1.165) is 0 Å². The molecule has 0 spiro atoms. The standard InChI is InChI=1S/C26H30N4O5/c27-24(33)19-7-5-12-29(18-19)22(31)15-26(20-8-2-1-3-9-20)16-23(32)30(25(26)34)13-6-14-35-21-10-4-11-28-17-21/h1-4,8-11,17,19H,5-7,12-16,18H2,(H2,27,33)/t19-,26+/m1/s1. The molecule has 9 heteroatoms. The third-order valence-electron chi connectivity index (χ3n) is 6.79. The number of rotatable bonds is 9. The summed E-state index contributed by atoms with van der Waals surface area (Å²) < 4.78 is 5.64. The number of benzene rings is 1. The zero-order valence-corrected chi connectivity index (χ0v) is 19.6. The van der Waals surface area contributed by atoms with E-state index in [4.69, 9.17) is 10.5 Å². The average Bonchev–Trinajstić information content (AvgIpc) is 3.12. The first kappa shape index (κ1) is 24.4. The number of aromatic nitrogens is 1. The Hall–Kier alpha value is -3.75. The predicted molar refractivity (Wildman–Crippen MR) is 127 cm³/mol. The van der Waals surface area contributed by atoms with Crippen LogP contribution in [0.2, 0.25) is 0 Å². The number of carbonyl (C=O) groups excluding carboxylic acids is 4. The lowest BCUT2D eigenvalue weighted by Crippen LogP contribution is -2.48. The van der Waals surface area contributed by atoms with Crippen LogP contribution in [-0.2, 0) is 24.6 Å². The van der Waals surface area contributed by atoms with Gasteiger partial charge in [-0.15, -0.1) is 0 Å². The monoisotopic (exact) mass is 478 g/mol. The van der Waals surface area contributed by atoms with Crippen LogP contribution < -0.4 is 10.5 Å². The van der Waals surface area contributed by atoms with Gasteiger partial charge in [-0.2, -0.15) is 0 Å². The Kier molecular flexibility index (Phi) is 7.43. The van der Waals surface area contributed by atoms with E-state index in [0.29, 0.717) is 43.7 Å². The first-order chi connectivity index (χ1) is 16.9. The van der Waals surface area contributed by atoms with Crippen LogP contribution in [0.15, 0.2) is 54.9 Å². The van der Waals surface area contributed by atoms with Crippen LogP contribution in [0.5, 0.6) is 5.75 Å². The van der Waals surface area contributed by atoms with Gasteiger partial charge in [-0.1, -0.05) is 30.3 Å². The lowest BCUT2D eigenvalue weighted by atomic mass is 9.75. The summed E-state index contributed by atoms with van der Waals surface area (Å²) in [6, 6.07) is 12.6. The Balaban J connectivity index is 1.48. The van der Waals surface area contributed by atoms with Crippen LogP contribution >= 0.6 is 0 Å². The van der Waals surface area contributed by atoms with Crippen molar-refractivity contribution in [1.82, 2.24) is 14.8 Å². The van der Waals surface area contributed by atoms with E-state index in [1.54, 1.807) is 53.7 Å². The largest absolute Gasteiger partial charge is 0.492 e. The molecule has 1 aromatic heterocycles. The smallest absolute Gasteiger partial charge is 0.240 e. The van der Waals surface area contributed by atoms with Crippen LogP contribution in [0.25, 0.3) is 0 Å². The highest BCUT2D eigenvalue weighted by atomic mass is 16.5. The first-order valence-corrected chi connectivity index (χ1v) is 11.9. The van der Waals surface area contributed by atoms with Crippen LogP contribution in [-0.4, -0.2) is 64.7 Å². The molecular weight excluding hydrogens is 448 g/mol. The maximum absolute atomic E-state index is 13.7. The van der Waals surface area contributed by atoms with Crippen molar-refractivity contribution in [3.63, 3.8) is 0 Å². The molecule has 2 aliphatic heterocycles. The molecule has 1 aromatic carbocycles. The van der Waals surface area contributed by atoms with E-state index >= 15 is 0 Å². The molecule has 2 saturated heterocycles. The van der Waals surface area contributed by atoms with Crippen molar-refractivity contribution in [2.24, 2.45) is 11.7 Å². The molecule has 2 N–H and O–H groups in total. The maximum atomic E-state index is 13.7. The van der Waals surface area contributed by atoms with Crippen molar-refractivity contribution in [3.05, 3.63) is 60.4 Å². The molecule has 4 rings (SSSR count). The quantitative estimate of drug-likeness (QED) is 0.432. The van der Waals surface area contributed by atoms with E-state index < -0.39 is 17.2 Å². The third kappa shape index (κ3) is 5.34. The summed E-state index contributed by atoms with van der Waals surface area (Å²) in [4.78, 5) is 58.6. The number of ether oxygens (including phenoxy) is 1. The van der Waals surface area contributed by atoms with Crippen molar-refractivity contribution < 1.29 is 23.9 Å². The number of likely N-dealkylation sites (tertiary alicyclic amines) is 2. The zero-order chi connectivity index (χ0) is 24.8. The molecule has 2 atom stereocenters. The van der Waals surface area contributed by atoms with Gasteiger partial charge in [0.2, 0.25) is 23.6 Å². The SMILES string of the molecule is NC(=O)[C@@H]1CCCN(C(=O)C[C@@]2(c3ccccc3)CC(=O)N(CCCOc3cccnc3)C2=O)C1. The minimum Gasteiger partial charge on any atom is -0.492 e. The lowest BCUT2D eigenvalue weighted by molar-refractivity contribution is -0.143. The molecule has 2 aliphatic rings. The van der Waals surface area contributed by atoms with Crippen molar-refractivity contribution in [3.8, 4) is 5.75 Å². The van der Waals surface area contributed by atoms with Gasteiger partial charge in [0.15, 0.2) is 0 Å². The molecule has 0 radical (unpaired) electrons. The molecule has 4 amide bonds. The minimum absolute atomic E-state index is 0.0713. The van der Waals surface area contributed by atoms with Gasteiger partial charge in [-0.05, 0) is 37.0 Å². The Labute approximate surface area is 204 Å². The number of nitrogens with two attached hydrogens (primary N) is 1. The fourth-order valence-electron chi connectivity index (χ4n) is 4.90. The number of amides is 4. The van der Waals surface area contributed by atoms with Gasteiger partial charge in [0.25, 0.3) is 0 Å². The van der Waals surface area contributed by atoms with Crippen molar-refractivity contribution >= 4 is 23.6 Å². The van der Waals surface area contributed by atoms with Crippen molar-refractivity contribution in [1.29, 1.82) is 0 Å². The Morgan fingerprint density at radius 3 is 2.66 bits per heavy atom. The Bertz CT molecular complexity index is 1080. The molecule has 35 heavy (non-hydrogen) atoms.